The Balaban J connectivity index is 1.90. The number of rotatable bonds is 6. The summed E-state index contributed by atoms with van der Waals surface area (Å²) in [5.74, 6) is -0.521. The number of benzene rings is 1. The van der Waals surface area contributed by atoms with Gasteiger partial charge >= 0.3 is 6.36 Å². The average molecular weight is 343 g/mol. The van der Waals surface area contributed by atoms with Crippen molar-refractivity contribution in [1.29, 1.82) is 0 Å². The van der Waals surface area contributed by atoms with Gasteiger partial charge in [0.15, 0.2) is 5.69 Å². The summed E-state index contributed by atoms with van der Waals surface area (Å²) in [4.78, 5) is 15.9. The number of amides is 1. The summed E-state index contributed by atoms with van der Waals surface area (Å²) in [6, 6.07) is 4.80. The highest BCUT2D eigenvalue weighted by molar-refractivity contribution is 5.91. The van der Waals surface area contributed by atoms with Gasteiger partial charge in [0.1, 0.15) is 12.0 Å². The molecule has 9 heteroatoms. The molecule has 0 fully saturated rings. The first-order valence-electron chi connectivity index (χ1n) is 7.12. The Labute approximate surface area is 135 Å². The number of nitrogens with one attached hydrogen (secondary N) is 1. The summed E-state index contributed by atoms with van der Waals surface area (Å²) in [7, 11) is 0. The number of hydrogen-bond donors (Lipinski definition) is 2. The Morgan fingerprint density at radius 1 is 1.38 bits per heavy atom. The number of hydrogen-bond acceptors (Lipinski definition) is 5. The molecular weight excluding hydrogens is 327 g/mol. The highest BCUT2D eigenvalue weighted by Gasteiger charge is 2.30. The predicted molar refractivity (Wildman–Crippen MR) is 78.0 cm³/mol. The molecule has 0 saturated carbocycles. The van der Waals surface area contributed by atoms with E-state index in [2.05, 4.69) is 15.0 Å². The van der Waals surface area contributed by atoms with Crippen molar-refractivity contribution in [3.8, 4) is 5.75 Å². The molecule has 2 rings (SSSR count). The number of carbonyl (C=O) groups is 1. The number of nitrogens with zero attached hydrogens (tertiary/aromatic N) is 1. The normalized spacial score (nSPS) is 12.7. The minimum Gasteiger partial charge on any atom is -0.446 e. The maximum Gasteiger partial charge on any atom is 0.573 e. The van der Waals surface area contributed by atoms with Crippen LogP contribution >= 0.6 is 0 Å². The molecule has 0 radical (unpaired) electrons. The summed E-state index contributed by atoms with van der Waals surface area (Å²) in [6.45, 7) is 1.98. The molecule has 1 heterocycles. The lowest BCUT2D eigenvalue weighted by Gasteiger charge is -2.09. The van der Waals surface area contributed by atoms with Crippen molar-refractivity contribution in [2.24, 2.45) is 5.73 Å². The number of alkyl halides is 3. The first-order chi connectivity index (χ1) is 11.3. The molecule has 0 saturated heterocycles. The third kappa shape index (κ3) is 4.98. The quantitative estimate of drug-likeness (QED) is 0.842. The van der Waals surface area contributed by atoms with Gasteiger partial charge in [-0.3, -0.25) is 4.79 Å². The molecule has 1 atom stereocenters. The zero-order chi connectivity index (χ0) is 17.7. The smallest absolute Gasteiger partial charge is 0.446 e. The minimum absolute atomic E-state index is 0.0888. The third-order valence-electron chi connectivity index (χ3n) is 3.12. The molecule has 1 aromatic heterocycles. The number of halogens is 3. The van der Waals surface area contributed by atoms with Gasteiger partial charge in [0, 0.05) is 6.54 Å². The lowest BCUT2D eigenvalue weighted by atomic mass is 10.2. The lowest BCUT2D eigenvalue weighted by Crippen LogP contribution is -2.23. The van der Waals surface area contributed by atoms with Crippen LogP contribution in [0.5, 0.6) is 5.75 Å². The summed E-state index contributed by atoms with van der Waals surface area (Å²) in [6.07, 6.45) is -2.91. The first-order valence-corrected chi connectivity index (χ1v) is 7.12. The molecule has 3 N–H and O–H groups in total. The van der Waals surface area contributed by atoms with Gasteiger partial charge in [0.05, 0.1) is 6.04 Å². The molecule has 2 aromatic rings. The number of ether oxygens (including phenoxy) is 1. The predicted octanol–water partition coefficient (Wildman–Crippen LogP) is 2.91. The molecular formula is C15H16F3N3O3. The molecule has 0 aliphatic rings. The van der Waals surface area contributed by atoms with Crippen LogP contribution in [-0.4, -0.2) is 17.3 Å². The Morgan fingerprint density at radius 2 is 2.04 bits per heavy atom. The topological polar surface area (TPSA) is 90.4 Å². The van der Waals surface area contributed by atoms with Crippen LogP contribution in [0.25, 0.3) is 0 Å². The van der Waals surface area contributed by atoms with E-state index in [1.165, 1.54) is 30.5 Å². The van der Waals surface area contributed by atoms with E-state index in [0.717, 1.165) is 0 Å². The van der Waals surface area contributed by atoms with Crippen molar-refractivity contribution in [2.45, 2.75) is 32.3 Å². The molecule has 1 aromatic carbocycles. The van der Waals surface area contributed by atoms with Crippen LogP contribution in [0, 0.1) is 0 Å². The Bertz CT molecular complexity index is 683. The summed E-state index contributed by atoms with van der Waals surface area (Å²) in [5, 5.41) is 2.59. The molecule has 130 valence electrons. The fourth-order valence-corrected chi connectivity index (χ4v) is 1.82. The van der Waals surface area contributed by atoms with Crippen LogP contribution in [-0.2, 0) is 6.54 Å². The Morgan fingerprint density at radius 3 is 2.62 bits per heavy atom. The maximum atomic E-state index is 12.1. The van der Waals surface area contributed by atoms with Gasteiger partial charge in [-0.1, -0.05) is 19.1 Å². The molecule has 0 aliphatic carbocycles. The van der Waals surface area contributed by atoms with Gasteiger partial charge in [-0.05, 0) is 24.1 Å². The molecule has 1 amide bonds. The van der Waals surface area contributed by atoms with Crippen molar-refractivity contribution in [3.63, 3.8) is 0 Å². The molecule has 0 aliphatic heterocycles. The minimum atomic E-state index is -4.74. The van der Waals surface area contributed by atoms with Crippen LogP contribution in [0.15, 0.2) is 34.9 Å². The van der Waals surface area contributed by atoms with Gasteiger partial charge in [0.2, 0.25) is 5.89 Å². The third-order valence-corrected chi connectivity index (χ3v) is 3.12. The highest BCUT2D eigenvalue weighted by atomic mass is 19.4. The van der Waals surface area contributed by atoms with Crippen molar-refractivity contribution in [2.75, 3.05) is 0 Å². The van der Waals surface area contributed by atoms with Gasteiger partial charge in [0.25, 0.3) is 5.91 Å². The second kappa shape index (κ2) is 7.35. The largest absolute Gasteiger partial charge is 0.573 e. The molecule has 6 nitrogen and oxygen atoms in total. The zero-order valence-electron chi connectivity index (χ0n) is 12.8. The fourth-order valence-electron chi connectivity index (χ4n) is 1.82. The van der Waals surface area contributed by atoms with Crippen LogP contribution in [0.4, 0.5) is 13.2 Å². The molecule has 1 unspecified atom stereocenters. The maximum absolute atomic E-state index is 12.1. The van der Waals surface area contributed by atoms with Crippen LogP contribution in [0.2, 0.25) is 0 Å². The van der Waals surface area contributed by atoms with E-state index in [-0.39, 0.29) is 29.9 Å². The zero-order valence-corrected chi connectivity index (χ0v) is 12.8. The Hall–Kier alpha value is -2.55. The SMILES string of the molecule is CCC(N)c1nc(C(=O)NCc2ccc(OC(F)(F)F)cc2)co1. The van der Waals surface area contributed by atoms with E-state index in [1.54, 1.807) is 0 Å². The van der Waals surface area contributed by atoms with Crippen molar-refractivity contribution in [3.05, 3.63) is 47.7 Å². The van der Waals surface area contributed by atoms with Gasteiger partial charge in [-0.15, -0.1) is 13.2 Å². The van der Waals surface area contributed by atoms with Crippen molar-refractivity contribution >= 4 is 5.91 Å². The average Bonchev–Trinajstić information content (AvgIpc) is 3.01. The molecule has 24 heavy (non-hydrogen) atoms. The standard InChI is InChI=1S/C15H16F3N3O3/c1-2-11(19)14-21-12(8-23-14)13(22)20-7-9-3-5-10(6-4-9)24-15(16,17)18/h3-6,8,11H,2,7,19H2,1H3,(H,20,22). The fraction of sp³-hybridized carbons (Fsp3) is 0.333. The highest BCUT2D eigenvalue weighted by Crippen LogP contribution is 2.22. The van der Waals surface area contributed by atoms with E-state index in [0.29, 0.717) is 12.0 Å². The second-order valence-corrected chi connectivity index (χ2v) is 4.96. The van der Waals surface area contributed by atoms with Gasteiger partial charge < -0.3 is 20.2 Å². The monoisotopic (exact) mass is 343 g/mol. The Kier molecular flexibility index (Phi) is 5.45. The van der Waals surface area contributed by atoms with E-state index in [4.69, 9.17) is 10.2 Å². The van der Waals surface area contributed by atoms with Crippen molar-refractivity contribution in [1.82, 2.24) is 10.3 Å². The van der Waals surface area contributed by atoms with E-state index < -0.39 is 12.3 Å². The summed E-state index contributed by atoms with van der Waals surface area (Å²) >= 11 is 0. The first kappa shape index (κ1) is 17.8. The number of oxazole rings is 1. The lowest BCUT2D eigenvalue weighted by molar-refractivity contribution is -0.274. The molecule has 0 bridgehead atoms. The second-order valence-electron chi connectivity index (χ2n) is 4.96. The van der Waals surface area contributed by atoms with Crippen molar-refractivity contribution < 1.29 is 27.1 Å². The van der Waals surface area contributed by atoms with Crippen LogP contribution < -0.4 is 15.8 Å². The summed E-state index contributed by atoms with van der Waals surface area (Å²) in [5.41, 5.74) is 6.44. The van der Waals surface area contributed by atoms with Crippen LogP contribution in [0.3, 0.4) is 0 Å². The number of carbonyl (C=O) groups excluding carboxylic acids is 1. The van der Waals surface area contributed by atoms with E-state index in [1.807, 2.05) is 6.92 Å². The van der Waals surface area contributed by atoms with E-state index >= 15 is 0 Å². The van der Waals surface area contributed by atoms with Gasteiger partial charge in [-0.25, -0.2) is 4.98 Å². The number of nitrogens with two attached hydrogens (primary N) is 1. The number of aromatic nitrogens is 1. The summed E-state index contributed by atoms with van der Waals surface area (Å²) < 4.78 is 45.1. The van der Waals surface area contributed by atoms with Gasteiger partial charge in [-0.2, -0.15) is 0 Å². The molecule has 0 spiro atoms. The van der Waals surface area contributed by atoms with Crippen LogP contribution in [0.1, 0.15) is 41.3 Å². The van der Waals surface area contributed by atoms with E-state index in [9.17, 15) is 18.0 Å².